The van der Waals surface area contributed by atoms with Gasteiger partial charge in [-0.05, 0) is 25.2 Å². The van der Waals surface area contributed by atoms with E-state index in [0.29, 0.717) is 5.92 Å². The van der Waals surface area contributed by atoms with E-state index in [1.807, 2.05) is 0 Å². The van der Waals surface area contributed by atoms with Crippen LogP contribution in [0.1, 0.15) is 39.0 Å². The monoisotopic (exact) mass is 254 g/mol. The molecular weight excluding hydrogens is 232 g/mol. The van der Waals surface area contributed by atoms with Crippen molar-refractivity contribution in [3.8, 4) is 0 Å². The van der Waals surface area contributed by atoms with Crippen LogP contribution in [-0.2, 0) is 4.79 Å². The Balaban J connectivity index is 2.43. The Labute approximate surface area is 108 Å². The summed E-state index contributed by atoms with van der Waals surface area (Å²) in [7, 11) is 0. The van der Waals surface area contributed by atoms with E-state index in [-0.39, 0.29) is 12.5 Å². The van der Waals surface area contributed by atoms with Gasteiger partial charge in [0, 0.05) is 6.04 Å². The number of hydrogen-bond donors (Lipinski definition) is 3. The second-order valence-corrected chi connectivity index (χ2v) is 4.90. The van der Waals surface area contributed by atoms with Crippen molar-refractivity contribution in [1.82, 2.24) is 10.6 Å². The standard InChI is InChI=1S/C13H22N2O3/c1-3-6-11(12(16)17)15-13(18)14-10-8-5-4-7-9(10)2/h3,9-11H,1,4-8H2,2H3,(H,16,17)(H2,14,15,18). The predicted molar refractivity (Wildman–Crippen MR) is 69.3 cm³/mol. The van der Waals surface area contributed by atoms with Gasteiger partial charge in [-0.25, -0.2) is 9.59 Å². The Hall–Kier alpha value is -1.52. The average Bonchev–Trinajstić information content (AvgIpc) is 2.31. The first kappa shape index (κ1) is 14.5. The predicted octanol–water partition coefficient (Wildman–Crippen LogP) is 1.89. The number of carbonyl (C=O) groups is 2. The van der Waals surface area contributed by atoms with Crippen LogP contribution in [0.5, 0.6) is 0 Å². The highest BCUT2D eigenvalue weighted by Crippen LogP contribution is 2.23. The third-order valence-electron chi connectivity index (χ3n) is 3.43. The van der Waals surface area contributed by atoms with Gasteiger partial charge in [0.25, 0.3) is 0 Å². The quantitative estimate of drug-likeness (QED) is 0.656. The summed E-state index contributed by atoms with van der Waals surface area (Å²) in [6, 6.07) is -1.15. The molecule has 1 aliphatic carbocycles. The zero-order valence-electron chi connectivity index (χ0n) is 10.8. The van der Waals surface area contributed by atoms with Crippen molar-refractivity contribution in [2.75, 3.05) is 0 Å². The summed E-state index contributed by atoms with van der Waals surface area (Å²) in [6.45, 7) is 5.60. The molecule has 3 unspecified atom stereocenters. The lowest BCUT2D eigenvalue weighted by atomic mass is 9.86. The lowest BCUT2D eigenvalue weighted by Gasteiger charge is -2.29. The van der Waals surface area contributed by atoms with Gasteiger partial charge in [-0.15, -0.1) is 6.58 Å². The van der Waals surface area contributed by atoms with E-state index in [0.717, 1.165) is 19.3 Å². The van der Waals surface area contributed by atoms with Gasteiger partial charge in [-0.1, -0.05) is 25.8 Å². The Morgan fingerprint density at radius 3 is 2.67 bits per heavy atom. The molecule has 5 nitrogen and oxygen atoms in total. The molecule has 3 N–H and O–H groups in total. The number of carboxylic acids is 1. The number of rotatable bonds is 5. The first-order valence-corrected chi connectivity index (χ1v) is 6.45. The van der Waals surface area contributed by atoms with Crippen molar-refractivity contribution >= 4 is 12.0 Å². The fraction of sp³-hybridized carbons (Fsp3) is 0.692. The molecule has 5 heteroatoms. The highest BCUT2D eigenvalue weighted by atomic mass is 16.4. The van der Waals surface area contributed by atoms with Crippen LogP contribution in [0.4, 0.5) is 4.79 Å². The molecule has 0 radical (unpaired) electrons. The SMILES string of the molecule is C=CCC(NC(=O)NC1CCCCC1C)C(=O)O. The maximum atomic E-state index is 11.7. The zero-order chi connectivity index (χ0) is 13.5. The number of hydrogen-bond acceptors (Lipinski definition) is 2. The maximum Gasteiger partial charge on any atom is 0.326 e. The Morgan fingerprint density at radius 1 is 1.44 bits per heavy atom. The summed E-state index contributed by atoms with van der Waals surface area (Å²) in [6.07, 6.45) is 6.11. The zero-order valence-corrected chi connectivity index (χ0v) is 10.8. The highest BCUT2D eigenvalue weighted by Gasteiger charge is 2.24. The Bertz CT molecular complexity index is 317. The molecule has 3 atom stereocenters. The largest absolute Gasteiger partial charge is 0.480 e. The minimum Gasteiger partial charge on any atom is -0.480 e. The number of nitrogens with one attached hydrogen (secondary N) is 2. The van der Waals surface area contributed by atoms with Crippen LogP contribution in [0.15, 0.2) is 12.7 Å². The number of amides is 2. The van der Waals surface area contributed by atoms with Crippen molar-refractivity contribution in [2.24, 2.45) is 5.92 Å². The summed E-state index contributed by atoms with van der Waals surface area (Å²) in [5.41, 5.74) is 0. The van der Waals surface area contributed by atoms with E-state index in [9.17, 15) is 9.59 Å². The van der Waals surface area contributed by atoms with Crippen LogP contribution in [-0.4, -0.2) is 29.2 Å². The first-order chi connectivity index (χ1) is 8.54. The van der Waals surface area contributed by atoms with E-state index in [4.69, 9.17) is 5.11 Å². The van der Waals surface area contributed by atoms with Crippen LogP contribution in [0.2, 0.25) is 0 Å². The van der Waals surface area contributed by atoms with Crippen LogP contribution < -0.4 is 10.6 Å². The van der Waals surface area contributed by atoms with Crippen molar-refractivity contribution < 1.29 is 14.7 Å². The molecule has 1 rings (SSSR count). The molecule has 0 spiro atoms. The molecule has 0 bridgehead atoms. The molecule has 18 heavy (non-hydrogen) atoms. The second-order valence-electron chi connectivity index (χ2n) is 4.90. The minimum atomic E-state index is -1.04. The summed E-state index contributed by atoms with van der Waals surface area (Å²) >= 11 is 0. The number of carboxylic acid groups (broad SMARTS) is 1. The fourth-order valence-corrected chi connectivity index (χ4v) is 2.29. The molecule has 0 aromatic rings. The molecule has 1 aliphatic rings. The summed E-state index contributed by atoms with van der Waals surface area (Å²) in [5, 5.41) is 14.2. The van der Waals surface area contributed by atoms with Gasteiger partial charge >= 0.3 is 12.0 Å². The third kappa shape index (κ3) is 4.39. The van der Waals surface area contributed by atoms with E-state index in [2.05, 4.69) is 24.1 Å². The van der Waals surface area contributed by atoms with Crippen molar-refractivity contribution in [3.05, 3.63) is 12.7 Å². The molecule has 2 amide bonds. The molecule has 1 fully saturated rings. The van der Waals surface area contributed by atoms with E-state index >= 15 is 0 Å². The van der Waals surface area contributed by atoms with E-state index in [1.54, 1.807) is 0 Å². The second kappa shape index (κ2) is 7.03. The van der Waals surface area contributed by atoms with Crippen molar-refractivity contribution in [2.45, 2.75) is 51.1 Å². The van der Waals surface area contributed by atoms with Crippen LogP contribution in [0, 0.1) is 5.92 Å². The maximum absolute atomic E-state index is 11.7. The van der Waals surface area contributed by atoms with Crippen LogP contribution in [0.25, 0.3) is 0 Å². The number of urea groups is 1. The molecule has 0 saturated heterocycles. The highest BCUT2D eigenvalue weighted by molar-refractivity contribution is 5.82. The van der Waals surface area contributed by atoms with Gasteiger partial charge in [0.15, 0.2) is 0 Å². The van der Waals surface area contributed by atoms with Gasteiger partial charge in [-0.2, -0.15) is 0 Å². The van der Waals surface area contributed by atoms with Crippen molar-refractivity contribution in [3.63, 3.8) is 0 Å². The molecule has 0 heterocycles. The van der Waals surface area contributed by atoms with Gasteiger partial charge < -0.3 is 15.7 Å². The molecular formula is C13H22N2O3. The smallest absolute Gasteiger partial charge is 0.326 e. The number of aliphatic carboxylic acids is 1. The Kier molecular flexibility index (Phi) is 5.68. The topological polar surface area (TPSA) is 78.4 Å². The lowest BCUT2D eigenvalue weighted by Crippen LogP contribution is -2.50. The molecule has 102 valence electrons. The van der Waals surface area contributed by atoms with Crippen LogP contribution in [0.3, 0.4) is 0 Å². The minimum absolute atomic E-state index is 0.150. The lowest BCUT2D eigenvalue weighted by molar-refractivity contribution is -0.139. The van der Waals surface area contributed by atoms with Gasteiger partial charge in [0.05, 0.1) is 0 Å². The van der Waals surface area contributed by atoms with Gasteiger partial charge in [0.2, 0.25) is 0 Å². The normalized spacial score (nSPS) is 24.9. The van der Waals surface area contributed by atoms with E-state index < -0.39 is 18.0 Å². The van der Waals surface area contributed by atoms with E-state index in [1.165, 1.54) is 12.5 Å². The average molecular weight is 254 g/mol. The van der Waals surface area contributed by atoms with Crippen LogP contribution >= 0.6 is 0 Å². The van der Waals surface area contributed by atoms with Gasteiger partial charge in [-0.3, -0.25) is 0 Å². The fourth-order valence-electron chi connectivity index (χ4n) is 2.29. The molecule has 0 aromatic carbocycles. The summed E-state index contributed by atoms with van der Waals surface area (Å²) < 4.78 is 0. The number of carbonyl (C=O) groups excluding carboxylic acids is 1. The van der Waals surface area contributed by atoms with Crippen molar-refractivity contribution in [1.29, 1.82) is 0 Å². The third-order valence-corrected chi connectivity index (χ3v) is 3.43. The molecule has 0 aliphatic heterocycles. The first-order valence-electron chi connectivity index (χ1n) is 6.45. The summed E-state index contributed by atoms with van der Waals surface area (Å²) in [4.78, 5) is 22.6. The molecule has 1 saturated carbocycles. The Morgan fingerprint density at radius 2 is 2.11 bits per heavy atom. The van der Waals surface area contributed by atoms with Gasteiger partial charge in [0.1, 0.15) is 6.04 Å². The molecule has 0 aromatic heterocycles. The summed E-state index contributed by atoms with van der Waals surface area (Å²) in [5.74, 6) is -0.589.